The predicted molar refractivity (Wildman–Crippen MR) is 95.7 cm³/mol. The predicted octanol–water partition coefficient (Wildman–Crippen LogP) is 3.68. The van der Waals surface area contributed by atoms with Gasteiger partial charge in [0.2, 0.25) is 0 Å². The number of hydrogen-bond acceptors (Lipinski definition) is 3. The van der Waals surface area contributed by atoms with E-state index in [2.05, 4.69) is 5.32 Å². The zero-order valence-corrected chi connectivity index (χ0v) is 14.5. The van der Waals surface area contributed by atoms with Crippen LogP contribution in [0.15, 0.2) is 42.5 Å². The van der Waals surface area contributed by atoms with Crippen molar-refractivity contribution in [3.8, 4) is 5.75 Å². The van der Waals surface area contributed by atoms with Gasteiger partial charge >= 0.3 is 6.03 Å². The molecule has 0 aliphatic heterocycles. The molecule has 6 heteroatoms. The largest absolute Gasteiger partial charge is 0.496 e. The molecule has 0 saturated heterocycles. The highest BCUT2D eigenvalue weighted by Gasteiger charge is 2.16. The number of urea groups is 1. The molecule has 0 aliphatic rings. The third-order valence-corrected chi connectivity index (χ3v) is 4.13. The van der Waals surface area contributed by atoms with Crippen LogP contribution in [0.2, 0.25) is 5.02 Å². The first-order valence-corrected chi connectivity index (χ1v) is 7.98. The fraction of sp³-hybridized carbons (Fsp3) is 0.278. The minimum Gasteiger partial charge on any atom is -0.496 e. The number of hydrogen-bond donors (Lipinski definition) is 2. The van der Waals surface area contributed by atoms with Crippen LogP contribution in [0, 0.1) is 6.92 Å². The lowest BCUT2D eigenvalue weighted by atomic mass is 10.2. The Hall–Kier alpha value is -2.24. The monoisotopic (exact) mass is 348 g/mol. The summed E-state index contributed by atoms with van der Waals surface area (Å²) in [6.07, 6.45) is 0. The maximum absolute atomic E-state index is 12.6. The molecule has 0 aliphatic carbocycles. The molecule has 2 N–H and O–H groups in total. The molecule has 0 bridgehead atoms. The van der Waals surface area contributed by atoms with Crippen molar-refractivity contribution in [1.29, 1.82) is 0 Å². The SMILES string of the molecule is COc1ccccc1CN(CCO)C(=O)Nc1cccc(Cl)c1C. The summed E-state index contributed by atoms with van der Waals surface area (Å²) in [6, 6.07) is 12.5. The normalized spacial score (nSPS) is 10.3. The zero-order valence-electron chi connectivity index (χ0n) is 13.8. The molecule has 2 aromatic rings. The summed E-state index contributed by atoms with van der Waals surface area (Å²) >= 11 is 6.09. The standard InChI is InChI=1S/C18H21ClN2O3/c1-13-15(19)7-5-8-16(13)20-18(23)21(10-11-22)12-14-6-3-4-9-17(14)24-2/h3-9,22H,10-12H2,1-2H3,(H,20,23). The minimum absolute atomic E-state index is 0.128. The summed E-state index contributed by atoms with van der Waals surface area (Å²) in [7, 11) is 1.59. The second kappa shape index (κ2) is 8.57. The van der Waals surface area contributed by atoms with E-state index in [1.54, 1.807) is 25.3 Å². The number of nitrogens with zero attached hydrogens (tertiary/aromatic N) is 1. The van der Waals surface area contributed by atoms with Crippen LogP contribution in [0.25, 0.3) is 0 Å². The number of nitrogens with one attached hydrogen (secondary N) is 1. The van der Waals surface area contributed by atoms with Crippen LogP contribution in [0.5, 0.6) is 5.75 Å². The van der Waals surface area contributed by atoms with Crippen molar-refractivity contribution in [1.82, 2.24) is 4.90 Å². The van der Waals surface area contributed by atoms with E-state index >= 15 is 0 Å². The number of aliphatic hydroxyl groups excluding tert-OH is 1. The van der Waals surface area contributed by atoms with Gasteiger partial charge in [0.05, 0.1) is 20.3 Å². The van der Waals surface area contributed by atoms with Crippen LogP contribution in [-0.4, -0.2) is 36.3 Å². The van der Waals surface area contributed by atoms with Crippen molar-refractivity contribution in [3.05, 3.63) is 58.6 Å². The number of anilines is 1. The molecule has 2 amide bonds. The molecule has 0 unspecified atom stereocenters. The molecule has 0 saturated carbocycles. The van der Waals surface area contributed by atoms with Gasteiger partial charge in [-0.05, 0) is 30.7 Å². The Labute approximate surface area is 146 Å². The number of rotatable bonds is 6. The van der Waals surface area contributed by atoms with E-state index < -0.39 is 0 Å². The Morgan fingerprint density at radius 3 is 2.71 bits per heavy atom. The summed E-state index contributed by atoms with van der Waals surface area (Å²) in [5, 5.41) is 12.7. The molecule has 2 rings (SSSR count). The second-order valence-corrected chi connectivity index (χ2v) is 5.71. The summed E-state index contributed by atoms with van der Waals surface area (Å²) in [5.41, 5.74) is 2.32. The van der Waals surface area contributed by atoms with Gasteiger partial charge in [-0.15, -0.1) is 0 Å². The van der Waals surface area contributed by atoms with Crippen LogP contribution in [0.3, 0.4) is 0 Å². The lowest BCUT2D eigenvalue weighted by molar-refractivity contribution is 0.184. The average molecular weight is 349 g/mol. The van der Waals surface area contributed by atoms with Gasteiger partial charge in [-0.25, -0.2) is 4.79 Å². The molecule has 5 nitrogen and oxygen atoms in total. The highest BCUT2D eigenvalue weighted by atomic mass is 35.5. The molecule has 0 aromatic heterocycles. The number of methoxy groups -OCH3 is 1. The van der Waals surface area contributed by atoms with Gasteiger partial charge < -0.3 is 20.1 Å². The van der Waals surface area contributed by atoms with Gasteiger partial charge in [-0.3, -0.25) is 0 Å². The van der Waals surface area contributed by atoms with Gasteiger partial charge in [0.1, 0.15) is 5.75 Å². The number of aliphatic hydroxyl groups is 1. The Kier molecular flexibility index (Phi) is 6.46. The van der Waals surface area contributed by atoms with E-state index in [1.165, 1.54) is 4.90 Å². The fourth-order valence-electron chi connectivity index (χ4n) is 2.35. The van der Waals surface area contributed by atoms with Gasteiger partial charge in [0, 0.05) is 22.8 Å². The van der Waals surface area contributed by atoms with E-state index in [0.29, 0.717) is 23.0 Å². The molecule has 0 atom stereocenters. The van der Waals surface area contributed by atoms with Gasteiger partial charge in [-0.1, -0.05) is 35.9 Å². The molecule has 0 heterocycles. The van der Waals surface area contributed by atoms with Crippen molar-refractivity contribution in [2.75, 3.05) is 25.6 Å². The Morgan fingerprint density at radius 1 is 1.25 bits per heavy atom. The van der Waals surface area contributed by atoms with Crippen molar-refractivity contribution in [2.24, 2.45) is 0 Å². The van der Waals surface area contributed by atoms with Crippen molar-refractivity contribution in [3.63, 3.8) is 0 Å². The van der Waals surface area contributed by atoms with E-state index in [-0.39, 0.29) is 19.2 Å². The summed E-state index contributed by atoms with van der Waals surface area (Å²) < 4.78 is 5.32. The number of carbonyl (C=O) groups is 1. The number of halogens is 1. The average Bonchev–Trinajstić information content (AvgIpc) is 2.59. The number of amides is 2. The smallest absolute Gasteiger partial charge is 0.322 e. The molecular weight excluding hydrogens is 328 g/mol. The van der Waals surface area contributed by atoms with E-state index in [1.807, 2.05) is 31.2 Å². The van der Waals surface area contributed by atoms with Crippen molar-refractivity contribution >= 4 is 23.3 Å². The van der Waals surface area contributed by atoms with Gasteiger partial charge in [-0.2, -0.15) is 0 Å². The molecule has 24 heavy (non-hydrogen) atoms. The minimum atomic E-state index is -0.305. The summed E-state index contributed by atoms with van der Waals surface area (Å²) in [4.78, 5) is 14.1. The Balaban J connectivity index is 2.17. The molecular formula is C18H21ClN2O3. The first kappa shape index (κ1) is 18.1. The zero-order chi connectivity index (χ0) is 17.5. The Morgan fingerprint density at radius 2 is 2.00 bits per heavy atom. The quantitative estimate of drug-likeness (QED) is 0.837. The molecule has 0 spiro atoms. The second-order valence-electron chi connectivity index (χ2n) is 5.30. The lowest BCUT2D eigenvalue weighted by Gasteiger charge is -2.24. The van der Waals surface area contributed by atoms with E-state index in [0.717, 1.165) is 11.1 Å². The van der Waals surface area contributed by atoms with E-state index in [9.17, 15) is 9.90 Å². The van der Waals surface area contributed by atoms with Crippen LogP contribution in [-0.2, 0) is 6.54 Å². The molecule has 0 radical (unpaired) electrons. The number of carbonyl (C=O) groups excluding carboxylic acids is 1. The highest BCUT2D eigenvalue weighted by molar-refractivity contribution is 6.31. The lowest BCUT2D eigenvalue weighted by Crippen LogP contribution is -2.36. The molecule has 128 valence electrons. The third kappa shape index (κ3) is 4.40. The van der Waals surface area contributed by atoms with Crippen LogP contribution in [0.4, 0.5) is 10.5 Å². The van der Waals surface area contributed by atoms with Crippen LogP contribution < -0.4 is 10.1 Å². The highest BCUT2D eigenvalue weighted by Crippen LogP contribution is 2.24. The fourth-order valence-corrected chi connectivity index (χ4v) is 2.52. The van der Waals surface area contributed by atoms with Crippen LogP contribution in [0.1, 0.15) is 11.1 Å². The van der Waals surface area contributed by atoms with Crippen molar-refractivity contribution < 1.29 is 14.6 Å². The topological polar surface area (TPSA) is 61.8 Å². The number of ether oxygens (including phenoxy) is 1. The van der Waals surface area contributed by atoms with Crippen LogP contribution >= 0.6 is 11.6 Å². The molecule has 2 aromatic carbocycles. The first-order valence-electron chi connectivity index (χ1n) is 7.60. The van der Waals surface area contributed by atoms with Gasteiger partial charge in [0.25, 0.3) is 0 Å². The maximum atomic E-state index is 12.6. The first-order chi connectivity index (χ1) is 11.6. The van der Waals surface area contributed by atoms with Crippen molar-refractivity contribution in [2.45, 2.75) is 13.5 Å². The van der Waals surface area contributed by atoms with Gasteiger partial charge in [0.15, 0.2) is 0 Å². The number of para-hydroxylation sites is 1. The third-order valence-electron chi connectivity index (χ3n) is 3.72. The summed E-state index contributed by atoms with van der Waals surface area (Å²) in [5.74, 6) is 0.701. The molecule has 0 fully saturated rings. The van der Waals surface area contributed by atoms with E-state index in [4.69, 9.17) is 16.3 Å². The Bertz CT molecular complexity index is 706. The number of benzene rings is 2. The summed E-state index contributed by atoms with van der Waals surface area (Å²) in [6.45, 7) is 2.26. The maximum Gasteiger partial charge on any atom is 0.322 e.